The number of hydrazone groups is 1. The van der Waals surface area contributed by atoms with Crippen molar-refractivity contribution in [2.24, 2.45) is 5.10 Å². The molecule has 0 aliphatic heterocycles. The van der Waals surface area contributed by atoms with E-state index in [-0.39, 0.29) is 0 Å². The molecule has 3 aromatic rings. The molecule has 2 heteroatoms. The maximum atomic E-state index is 4.30. The van der Waals surface area contributed by atoms with Gasteiger partial charge in [0.2, 0.25) is 0 Å². The molecule has 3 aromatic carbocycles. The van der Waals surface area contributed by atoms with Gasteiger partial charge in [-0.25, -0.2) is 0 Å². The number of aryl methyl sites for hydroxylation is 1. The second-order valence-electron chi connectivity index (χ2n) is 5.41. The highest BCUT2D eigenvalue weighted by Gasteiger charge is 1.98. The number of nitrogens with one attached hydrogen (secondary N) is 1. The highest BCUT2D eigenvalue weighted by Crippen LogP contribution is 2.20. The maximum Gasteiger partial charge on any atom is 0.0561 e. The highest BCUT2D eigenvalue weighted by molar-refractivity contribution is 5.83. The van der Waals surface area contributed by atoms with Crippen molar-refractivity contribution in [2.75, 3.05) is 5.43 Å². The van der Waals surface area contributed by atoms with E-state index in [1.807, 2.05) is 36.5 Å². The molecule has 0 aliphatic carbocycles. The molecule has 3 rings (SSSR count). The summed E-state index contributed by atoms with van der Waals surface area (Å²) in [5.41, 5.74) is 8.89. The summed E-state index contributed by atoms with van der Waals surface area (Å²) in [5.74, 6) is 0. The molecule has 0 aliphatic rings. The fourth-order valence-corrected chi connectivity index (χ4v) is 2.43. The lowest BCUT2D eigenvalue weighted by atomic mass is 10.0. The van der Waals surface area contributed by atoms with Crippen LogP contribution in [0.4, 0.5) is 5.69 Å². The summed E-state index contributed by atoms with van der Waals surface area (Å²) < 4.78 is 0. The fourth-order valence-electron chi connectivity index (χ4n) is 2.43. The Morgan fingerprint density at radius 2 is 1.61 bits per heavy atom. The Bertz CT molecular complexity index is 774. The average Bonchev–Trinajstić information content (AvgIpc) is 2.63. The first-order chi connectivity index (χ1) is 11.3. The molecule has 0 bridgehead atoms. The third-order valence-electron chi connectivity index (χ3n) is 3.76. The quantitative estimate of drug-likeness (QED) is 0.497. The van der Waals surface area contributed by atoms with Gasteiger partial charge in [0.25, 0.3) is 0 Å². The summed E-state index contributed by atoms with van der Waals surface area (Å²) >= 11 is 0. The average molecular weight is 300 g/mol. The number of hydrogen-bond acceptors (Lipinski definition) is 2. The van der Waals surface area contributed by atoms with Gasteiger partial charge in [-0.05, 0) is 46.9 Å². The van der Waals surface area contributed by atoms with E-state index in [1.54, 1.807) is 0 Å². The molecule has 114 valence electrons. The Balaban J connectivity index is 1.74. The lowest BCUT2D eigenvalue weighted by Crippen LogP contribution is -1.90. The molecule has 0 spiro atoms. The van der Waals surface area contributed by atoms with E-state index < -0.39 is 0 Å². The first-order valence-electron chi connectivity index (χ1n) is 7.88. The van der Waals surface area contributed by atoms with Crippen molar-refractivity contribution in [3.05, 3.63) is 90.0 Å². The third kappa shape index (κ3) is 4.07. The molecular weight excluding hydrogens is 280 g/mol. The SMILES string of the molecule is CCc1ccc(-c2cccc(C=NNc3ccccc3)c2)cc1. The van der Waals surface area contributed by atoms with Gasteiger partial charge < -0.3 is 0 Å². The van der Waals surface area contributed by atoms with Gasteiger partial charge in [-0.2, -0.15) is 5.10 Å². The minimum atomic E-state index is 0.982. The molecule has 0 aromatic heterocycles. The fraction of sp³-hybridized carbons (Fsp3) is 0.0952. The number of anilines is 1. The van der Waals surface area contributed by atoms with Crippen LogP contribution in [0.15, 0.2) is 84.0 Å². The van der Waals surface area contributed by atoms with Crippen molar-refractivity contribution in [2.45, 2.75) is 13.3 Å². The lowest BCUT2D eigenvalue weighted by molar-refractivity contribution is 1.14. The van der Waals surface area contributed by atoms with Crippen molar-refractivity contribution < 1.29 is 0 Å². The molecule has 0 atom stereocenters. The van der Waals surface area contributed by atoms with E-state index >= 15 is 0 Å². The van der Waals surface area contributed by atoms with E-state index in [2.05, 4.69) is 66.0 Å². The van der Waals surface area contributed by atoms with Crippen LogP contribution in [0.25, 0.3) is 11.1 Å². The predicted octanol–water partition coefficient (Wildman–Crippen LogP) is 5.36. The second-order valence-corrected chi connectivity index (χ2v) is 5.41. The van der Waals surface area contributed by atoms with Crippen molar-refractivity contribution in [1.82, 2.24) is 0 Å². The first kappa shape index (κ1) is 15.0. The normalized spacial score (nSPS) is 10.8. The Morgan fingerprint density at radius 3 is 2.35 bits per heavy atom. The van der Waals surface area contributed by atoms with Crippen LogP contribution in [-0.2, 0) is 6.42 Å². The smallest absolute Gasteiger partial charge is 0.0561 e. The Labute approximate surface area is 137 Å². The van der Waals surface area contributed by atoms with Crippen molar-refractivity contribution in [1.29, 1.82) is 0 Å². The molecule has 0 unspecified atom stereocenters. The number of para-hydroxylation sites is 1. The zero-order chi connectivity index (χ0) is 15.9. The minimum absolute atomic E-state index is 0.982. The monoisotopic (exact) mass is 300 g/mol. The van der Waals surface area contributed by atoms with E-state index in [9.17, 15) is 0 Å². The van der Waals surface area contributed by atoms with Crippen LogP contribution in [0.3, 0.4) is 0 Å². The molecule has 0 radical (unpaired) electrons. The van der Waals surface area contributed by atoms with Crippen LogP contribution in [0, 0.1) is 0 Å². The van der Waals surface area contributed by atoms with Crippen molar-refractivity contribution in [3.63, 3.8) is 0 Å². The Morgan fingerprint density at radius 1 is 0.826 bits per heavy atom. The summed E-state index contributed by atoms with van der Waals surface area (Å²) in [6.07, 6.45) is 2.91. The number of hydrogen-bond donors (Lipinski definition) is 1. The molecule has 0 saturated carbocycles. The molecule has 1 N–H and O–H groups in total. The number of benzene rings is 3. The first-order valence-corrected chi connectivity index (χ1v) is 7.88. The second kappa shape index (κ2) is 7.41. The van der Waals surface area contributed by atoms with Crippen LogP contribution in [0.5, 0.6) is 0 Å². The Kier molecular flexibility index (Phi) is 4.85. The van der Waals surface area contributed by atoms with Crippen LogP contribution in [0.2, 0.25) is 0 Å². The predicted molar refractivity (Wildman–Crippen MR) is 98.9 cm³/mol. The number of rotatable bonds is 5. The lowest BCUT2D eigenvalue weighted by Gasteiger charge is -2.04. The van der Waals surface area contributed by atoms with Crippen LogP contribution >= 0.6 is 0 Å². The van der Waals surface area contributed by atoms with Gasteiger partial charge in [0, 0.05) is 0 Å². The van der Waals surface area contributed by atoms with Crippen molar-refractivity contribution in [3.8, 4) is 11.1 Å². The maximum absolute atomic E-state index is 4.30. The Hall–Kier alpha value is -2.87. The minimum Gasteiger partial charge on any atom is -0.279 e. The molecule has 0 saturated heterocycles. The molecule has 2 nitrogen and oxygen atoms in total. The van der Waals surface area contributed by atoms with Gasteiger partial charge in [0.05, 0.1) is 11.9 Å². The van der Waals surface area contributed by atoms with Gasteiger partial charge in [-0.1, -0.05) is 67.6 Å². The summed E-state index contributed by atoms with van der Waals surface area (Å²) in [4.78, 5) is 0. The summed E-state index contributed by atoms with van der Waals surface area (Å²) in [6, 6.07) is 27.1. The summed E-state index contributed by atoms with van der Waals surface area (Å²) in [5, 5.41) is 4.30. The topological polar surface area (TPSA) is 24.4 Å². The standard InChI is InChI=1S/C21H20N2/c1-2-17-11-13-19(14-12-17)20-8-6-7-18(15-20)16-22-23-21-9-4-3-5-10-21/h3-16,23H,2H2,1H3. The highest BCUT2D eigenvalue weighted by atomic mass is 15.3. The van der Waals surface area contributed by atoms with Crippen molar-refractivity contribution >= 4 is 11.9 Å². The summed E-state index contributed by atoms with van der Waals surface area (Å²) in [6.45, 7) is 2.17. The largest absolute Gasteiger partial charge is 0.279 e. The van der Waals surface area contributed by atoms with Crippen LogP contribution in [0.1, 0.15) is 18.1 Å². The van der Waals surface area contributed by atoms with E-state index in [4.69, 9.17) is 0 Å². The van der Waals surface area contributed by atoms with Gasteiger partial charge in [0.1, 0.15) is 0 Å². The van der Waals surface area contributed by atoms with Gasteiger partial charge in [0.15, 0.2) is 0 Å². The van der Waals surface area contributed by atoms with E-state index in [1.165, 1.54) is 16.7 Å². The third-order valence-corrected chi connectivity index (χ3v) is 3.76. The molecule has 0 heterocycles. The number of nitrogens with zero attached hydrogens (tertiary/aromatic N) is 1. The van der Waals surface area contributed by atoms with E-state index in [0.29, 0.717) is 0 Å². The molecule has 0 fully saturated rings. The zero-order valence-corrected chi connectivity index (χ0v) is 13.2. The van der Waals surface area contributed by atoms with Crippen LogP contribution in [-0.4, -0.2) is 6.21 Å². The zero-order valence-electron chi connectivity index (χ0n) is 13.2. The van der Waals surface area contributed by atoms with Gasteiger partial charge in [-0.15, -0.1) is 0 Å². The van der Waals surface area contributed by atoms with Crippen LogP contribution < -0.4 is 5.43 Å². The van der Waals surface area contributed by atoms with Gasteiger partial charge >= 0.3 is 0 Å². The van der Waals surface area contributed by atoms with Gasteiger partial charge in [-0.3, -0.25) is 5.43 Å². The molecule has 0 amide bonds. The summed E-state index contributed by atoms with van der Waals surface area (Å²) in [7, 11) is 0. The van der Waals surface area contributed by atoms with E-state index in [0.717, 1.165) is 17.7 Å². The molecular formula is C21H20N2. The molecule has 23 heavy (non-hydrogen) atoms.